The Morgan fingerprint density at radius 1 is 1.17 bits per heavy atom. The lowest BCUT2D eigenvalue weighted by molar-refractivity contribution is -0.140. The van der Waals surface area contributed by atoms with Gasteiger partial charge in [-0.25, -0.2) is 0 Å². The Labute approximate surface area is 174 Å². The van der Waals surface area contributed by atoms with Crippen LogP contribution in [0.2, 0.25) is 5.02 Å². The first-order valence-electron chi connectivity index (χ1n) is 9.69. The zero-order valence-electron chi connectivity index (χ0n) is 16.1. The lowest BCUT2D eigenvalue weighted by Crippen LogP contribution is -2.36. The molecule has 0 radical (unpaired) electrons. The van der Waals surface area contributed by atoms with Gasteiger partial charge in [0.15, 0.2) is 0 Å². The summed E-state index contributed by atoms with van der Waals surface area (Å²) in [7, 11) is 0. The van der Waals surface area contributed by atoms with Crippen LogP contribution in [0.1, 0.15) is 35.6 Å². The van der Waals surface area contributed by atoms with Crippen molar-refractivity contribution in [2.45, 2.75) is 31.9 Å². The molecule has 0 spiro atoms. The molecule has 2 aromatic carbocycles. The smallest absolute Gasteiger partial charge is 0.295 e. The van der Waals surface area contributed by atoms with Gasteiger partial charge in [0.1, 0.15) is 5.76 Å². The summed E-state index contributed by atoms with van der Waals surface area (Å²) >= 11 is 5.95. The first kappa shape index (κ1) is 19.7. The van der Waals surface area contributed by atoms with Crippen molar-refractivity contribution in [3.63, 3.8) is 0 Å². The van der Waals surface area contributed by atoms with Crippen LogP contribution in [0, 0.1) is 6.92 Å². The second kappa shape index (κ2) is 8.01. The number of benzene rings is 2. The fourth-order valence-electron chi connectivity index (χ4n) is 4.06. The number of carbonyl (C=O) groups excluding carboxylic acids is 2. The van der Waals surface area contributed by atoms with E-state index < -0.39 is 17.7 Å². The summed E-state index contributed by atoms with van der Waals surface area (Å²) in [4.78, 5) is 27.5. The number of aryl methyl sites for hydroxylation is 1. The second-order valence-electron chi connectivity index (χ2n) is 7.45. The van der Waals surface area contributed by atoms with E-state index in [2.05, 4.69) is 0 Å². The maximum absolute atomic E-state index is 13.0. The van der Waals surface area contributed by atoms with Gasteiger partial charge in [-0.3, -0.25) is 9.59 Å². The minimum Gasteiger partial charge on any atom is -0.507 e. The number of hydrogen-bond donors (Lipinski definition) is 1. The van der Waals surface area contributed by atoms with Crippen molar-refractivity contribution in [3.8, 4) is 0 Å². The number of nitrogens with zero attached hydrogens (tertiary/aromatic N) is 1. The highest BCUT2D eigenvalue weighted by molar-refractivity contribution is 6.46. The number of likely N-dealkylation sites (tertiary alicyclic amines) is 1. The van der Waals surface area contributed by atoms with E-state index in [0.29, 0.717) is 23.7 Å². The molecule has 2 aliphatic heterocycles. The maximum Gasteiger partial charge on any atom is 0.295 e. The topological polar surface area (TPSA) is 66.8 Å². The van der Waals surface area contributed by atoms with Crippen molar-refractivity contribution in [2.75, 3.05) is 13.2 Å². The van der Waals surface area contributed by atoms with E-state index in [1.54, 1.807) is 29.2 Å². The van der Waals surface area contributed by atoms with E-state index >= 15 is 0 Å². The van der Waals surface area contributed by atoms with Crippen molar-refractivity contribution in [1.29, 1.82) is 0 Å². The molecule has 2 aromatic rings. The molecule has 1 amide bonds. The zero-order chi connectivity index (χ0) is 20.5. The number of ketones is 1. The molecule has 1 N–H and O–H groups in total. The van der Waals surface area contributed by atoms with Crippen LogP contribution in [-0.4, -0.2) is 41.0 Å². The van der Waals surface area contributed by atoms with Crippen LogP contribution in [0.5, 0.6) is 0 Å². The minimum atomic E-state index is -0.677. The van der Waals surface area contributed by atoms with Gasteiger partial charge in [0, 0.05) is 23.7 Å². The van der Waals surface area contributed by atoms with Gasteiger partial charge in [0.25, 0.3) is 11.7 Å². The summed E-state index contributed by atoms with van der Waals surface area (Å²) in [5.41, 5.74) is 2.31. The Morgan fingerprint density at radius 3 is 2.55 bits per heavy atom. The van der Waals surface area contributed by atoms with Crippen LogP contribution in [0.3, 0.4) is 0 Å². The third kappa shape index (κ3) is 3.68. The molecule has 2 aliphatic rings. The van der Waals surface area contributed by atoms with Crippen LogP contribution in [0.4, 0.5) is 0 Å². The molecular weight excluding hydrogens is 390 g/mol. The third-order valence-corrected chi connectivity index (χ3v) is 5.82. The van der Waals surface area contributed by atoms with Gasteiger partial charge in [-0.1, -0.05) is 35.9 Å². The monoisotopic (exact) mass is 411 g/mol. The van der Waals surface area contributed by atoms with Crippen LogP contribution in [0.25, 0.3) is 5.76 Å². The van der Waals surface area contributed by atoms with Crippen molar-refractivity contribution in [3.05, 3.63) is 75.8 Å². The molecule has 2 unspecified atom stereocenters. The Balaban J connectivity index is 1.84. The SMILES string of the molecule is Cc1ccccc1C1/C(=C(/O)c2ccc(Cl)cc2)C(=O)C(=O)N1CC1CCCO1. The Hall–Kier alpha value is -2.63. The molecule has 150 valence electrons. The van der Waals surface area contributed by atoms with E-state index in [0.717, 1.165) is 24.0 Å². The molecule has 5 nitrogen and oxygen atoms in total. The number of amides is 1. The van der Waals surface area contributed by atoms with Gasteiger partial charge < -0.3 is 14.7 Å². The number of ether oxygens (including phenoxy) is 1. The largest absolute Gasteiger partial charge is 0.507 e. The standard InChI is InChI=1S/C23H22ClNO4/c1-14-5-2-3-7-18(14)20-19(21(26)15-8-10-16(24)11-9-15)22(27)23(28)25(20)13-17-6-4-12-29-17/h2-3,5,7-11,17,20,26H,4,6,12-13H2,1H3/b21-19-. The van der Waals surface area contributed by atoms with Crippen LogP contribution in [-0.2, 0) is 14.3 Å². The summed E-state index contributed by atoms with van der Waals surface area (Å²) in [5.74, 6) is -1.48. The molecule has 0 aromatic heterocycles. The Bertz CT molecular complexity index is 977. The third-order valence-electron chi connectivity index (χ3n) is 5.56. The van der Waals surface area contributed by atoms with E-state index in [1.165, 1.54) is 0 Å². The number of aliphatic hydroxyl groups excluding tert-OH is 1. The number of Topliss-reactive ketones (excluding diaryl/α,β-unsaturated/α-hetero) is 1. The van der Waals surface area contributed by atoms with Crippen LogP contribution < -0.4 is 0 Å². The number of carbonyl (C=O) groups is 2. The maximum atomic E-state index is 13.0. The van der Waals surface area contributed by atoms with Gasteiger partial charge in [0.2, 0.25) is 0 Å². The molecule has 2 fully saturated rings. The van der Waals surface area contributed by atoms with Gasteiger partial charge >= 0.3 is 0 Å². The minimum absolute atomic E-state index is 0.101. The second-order valence-corrected chi connectivity index (χ2v) is 7.89. The fraction of sp³-hybridized carbons (Fsp3) is 0.304. The fourth-order valence-corrected chi connectivity index (χ4v) is 4.18. The quantitative estimate of drug-likeness (QED) is 0.464. The van der Waals surface area contributed by atoms with E-state index in [1.807, 2.05) is 31.2 Å². The van der Waals surface area contributed by atoms with Crippen LogP contribution >= 0.6 is 11.6 Å². The van der Waals surface area contributed by atoms with E-state index in [-0.39, 0.29) is 17.4 Å². The Morgan fingerprint density at radius 2 is 1.90 bits per heavy atom. The van der Waals surface area contributed by atoms with Gasteiger partial charge in [-0.15, -0.1) is 0 Å². The van der Waals surface area contributed by atoms with E-state index in [9.17, 15) is 14.7 Å². The summed E-state index contributed by atoms with van der Waals surface area (Å²) < 4.78 is 5.71. The van der Waals surface area contributed by atoms with Crippen molar-refractivity contribution in [1.82, 2.24) is 4.90 Å². The summed E-state index contributed by atoms with van der Waals surface area (Å²) in [6, 6.07) is 13.5. The molecule has 2 atom stereocenters. The van der Waals surface area contributed by atoms with Gasteiger partial charge in [0.05, 0.1) is 17.7 Å². The predicted molar refractivity (Wildman–Crippen MR) is 111 cm³/mol. The first-order valence-corrected chi connectivity index (χ1v) is 10.1. The molecule has 0 saturated carbocycles. The van der Waals surface area contributed by atoms with Crippen molar-refractivity contribution < 1.29 is 19.4 Å². The summed E-state index contributed by atoms with van der Waals surface area (Å²) in [6.07, 6.45) is 1.69. The lowest BCUT2D eigenvalue weighted by atomic mass is 9.92. The van der Waals surface area contributed by atoms with E-state index in [4.69, 9.17) is 16.3 Å². The molecule has 2 saturated heterocycles. The Kier molecular flexibility index (Phi) is 5.43. The molecule has 0 bridgehead atoms. The number of hydrogen-bond acceptors (Lipinski definition) is 4. The predicted octanol–water partition coefficient (Wildman–Crippen LogP) is 4.25. The molecular formula is C23H22ClNO4. The van der Waals surface area contributed by atoms with Gasteiger partial charge in [-0.05, 0) is 55.2 Å². The zero-order valence-corrected chi connectivity index (χ0v) is 16.9. The molecule has 6 heteroatoms. The number of aliphatic hydroxyl groups is 1. The molecule has 0 aliphatic carbocycles. The highest BCUT2D eigenvalue weighted by atomic mass is 35.5. The van der Waals surface area contributed by atoms with Crippen molar-refractivity contribution >= 4 is 29.1 Å². The average Bonchev–Trinajstić information content (AvgIpc) is 3.31. The highest BCUT2D eigenvalue weighted by Gasteiger charge is 2.47. The van der Waals surface area contributed by atoms with Crippen molar-refractivity contribution in [2.24, 2.45) is 0 Å². The number of rotatable bonds is 4. The summed E-state index contributed by atoms with van der Waals surface area (Å²) in [6.45, 7) is 2.92. The van der Waals surface area contributed by atoms with Gasteiger partial charge in [-0.2, -0.15) is 0 Å². The highest BCUT2D eigenvalue weighted by Crippen LogP contribution is 2.41. The normalized spacial score (nSPS) is 23.7. The average molecular weight is 412 g/mol. The molecule has 29 heavy (non-hydrogen) atoms. The lowest BCUT2D eigenvalue weighted by Gasteiger charge is -2.28. The molecule has 4 rings (SSSR count). The molecule has 2 heterocycles. The number of halogens is 1. The first-order chi connectivity index (χ1) is 14.0. The van der Waals surface area contributed by atoms with Crippen LogP contribution in [0.15, 0.2) is 54.1 Å². The summed E-state index contributed by atoms with van der Waals surface area (Å²) in [5, 5.41) is 11.5.